The first-order valence-electron chi connectivity index (χ1n) is 5.41. The van der Waals surface area contributed by atoms with Crippen LogP contribution in [0.25, 0.3) is 11.0 Å². The molecule has 0 amide bonds. The molecule has 0 atom stereocenters. The van der Waals surface area contributed by atoms with Gasteiger partial charge in [-0.3, -0.25) is 4.98 Å². The standard InChI is InChI=1S/C13H14N2O2/c1-13(2,3)17-12(16)11-8-14-9-6-4-5-7-10(9)15-11/h4-8H,1-3H3. The molecule has 0 unspecified atom stereocenters. The maximum atomic E-state index is 11.8. The Kier molecular flexibility index (Phi) is 2.79. The minimum absolute atomic E-state index is 0.235. The summed E-state index contributed by atoms with van der Waals surface area (Å²) in [5.41, 5.74) is 1.17. The van der Waals surface area contributed by atoms with Crippen molar-refractivity contribution in [2.75, 3.05) is 0 Å². The third-order valence-electron chi connectivity index (χ3n) is 2.06. The zero-order chi connectivity index (χ0) is 12.5. The first kappa shape index (κ1) is 11.5. The van der Waals surface area contributed by atoms with E-state index in [1.165, 1.54) is 6.20 Å². The van der Waals surface area contributed by atoms with Gasteiger partial charge < -0.3 is 4.74 Å². The summed E-state index contributed by atoms with van der Waals surface area (Å²) in [5, 5.41) is 0. The maximum absolute atomic E-state index is 11.8. The summed E-state index contributed by atoms with van der Waals surface area (Å²) < 4.78 is 5.23. The van der Waals surface area contributed by atoms with Crippen molar-refractivity contribution in [2.45, 2.75) is 26.4 Å². The summed E-state index contributed by atoms with van der Waals surface area (Å²) in [7, 11) is 0. The van der Waals surface area contributed by atoms with Crippen molar-refractivity contribution in [2.24, 2.45) is 0 Å². The molecule has 1 heterocycles. The van der Waals surface area contributed by atoms with Crippen molar-refractivity contribution >= 4 is 17.0 Å². The molecule has 0 spiro atoms. The lowest BCUT2D eigenvalue weighted by molar-refractivity contribution is 0.00628. The highest BCUT2D eigenvalue weighted by molar-refractivity contribution is 5.89. The van der Waals surface area contributed by atoms with Crippen LogP contribution in [0.15, 0.2) is 30.5 Å². The largest absolute Gasteiger partial charge is 0.455 e. The smallest absolute Gasteiger partial charge is 0.359 e. The number of nitrogens with zero attached hydrogens (tertiary/aromatic N) is 2. The molecule has 1 aromatic heterocycles. The fraction of sp³-hybridized carbons (Fsp3) is 0.308. The molecule has 0 fully saturated rings. The topological polar surface area (TPSA) is 52.1 Å². The second kappa shape index (κ2) is 4.13. The molecule has 1 aromatic carbocycles. The number of fused-ring (bicyclic) bond motifs is 1. The number of carbonyl (C=O) groups is 1. The molecule has 0 radical (unpaired) electrons. The number of hydrogen-bond acceptors (Lipinski definition) is 4. The van der Waals surface area contributed by atoms with Crippen molar-refractivity contribution < 1.29 is 9.53 Å². The van der Waals surface area contributed by atoms with Crippen LogP contribution in [-0.4, -0.2) is 21.5 Å². The van der Waals surface area contributed by atoms with Crippen LogP contribution in [0.5, 0.6) is 0 Å². The Morgan fingerprint density at radius 1 is 1.18 bits per heavy atom. The van der Waals surface area contributed by atoms with Gasteiger partial charge >= 0.3 is 5.97 Å². The van der Waals surface area contributed by atoms with Crippen LogP contribution in [0, 0.1) is 0 Å². The zero-order valence-corrected chi connectivity index (χ0v) is 10.1. The Morgan fingerprint density at radius 2 is 1.82 bits per heavy atom. The van der Waals surface area contributed by atoms with E-state index >= 15 is 0 Å². The van der Waals surface area contributed by atoms with Gasteiger partial charge in [-0.05, 0) is 32.9 Å². The second-order valence-corrected chi connectivity index (χ2v) is 4.75. The van der Waals surface area contributed by atoms with Crippen molar-refractivity contribution in [3.8, 4) is 0 Å². The zero-order valence-electron chi connectivity index (χ0n) is 10.1. The molecule has 88 valence electrons. The van der Waals surface area contributed by atoms with Gasteiger partial charge in [0.05, 0.1) is 17.2 Å². The van der Waals surface area contributed by atoms with E-state index in [2.05, 4.69) is 9.97 Å². The molecule has 0 aliphatic heterocycles. The number of carbonyl (C=O) groups excluding carboxylic acids is 1. The van der Waals surface area contributed by atoms with Gasteiger partial charge in [-0.15, -0.1) is 0 Å². The highest BCUT2D eigenvalue weighted by Gasteiger charge is 2.19. The summed E-state index contributed by atoms with van der Waals surface area (Å²) in [6.07, 6.45) is 1.44. The third-order valence-corrected chi connectivity index (χ3v) is 2.06. The molecule has 0 saturated carbocycles. The van der Waals surface area contributed by atoms with Crippen LogP contribution in [0.4, 0.5) is 0 Å². The highest BCUT2D eigenvalue weighted by atomic mass is 16.6. The van der Waals surface area contributed by atoms with Gasteiger partial charge in [0, 0.05) is 0 Å². The van der Waals surface area contributed by atoms with Crippen molar-refractivity contribution in [1.29, 1.82) is 0 Å². The van der Waals surface area contributed by atoms with Gasteiger partial charge in [0.25, 0.3) is 0 Å². The fourth-order valence-electron chi connectivity index (χ4n) is 1.39. The number of rotatable bonds is 1. The van der Waals surface area contributed by atoms with Crippen LogP contribution >= 0.6 is 0 Å². The van der Waals surface area contributed by atoms with Crippen LogP contribution in [0.2, 0.25) is 0 Å². The van der Waals surface area contributed by atoms with E-state index in [0.29, 0.717) is 5.52 Å². The quantitative estimate of drug-likeness (QED) is 0.706. The van der Waals surface area contributed by atoms with E-state index in [1.54, 1.807) is 0 Å². The van der Waals surface area contributed by atoms with E-state index in [4.69, 9.17) is 4.74 Å². The first-order chi connectivity index (χ1) is 7.96. The lowest BCUT2D eigenvalue weighted by Gasteiger charge is -2.18. The number of esters is 1. The first-order valence-corrected chi connectivity index (χ1v) is 5.41. The van der Waals surface area contributed by atoms with Crippen LogP contribution in [0.1, 0.15) is 31.3 Å². The molecule has 0 saturated heterocycles. The average Bonchev–Trinajstić information content (AvgIpc) is 2.26. The molecule has 0 aliphatic rings. The van der Waals surface area contributed by atoms with Gasteiger partial charge in [-0.2, -0.15) is 0 Å². The van der Waals surface area contributed by atoms with Crippen LogP contribution in [-0.2, 0) is 4.74 Å². The Bertz CT molecular complexity index is 559. The lowest BCUT2D eigenvalue weighted by Crippen LogP contribution is -2.24. The Balaban J connectivity index is 2.33. The normalized spacial score (nSPS) is 11.5. The summed E-state index contributed by atoms with van der Waals surface area (Å²) in [6.45, 7) is 5.46. The second-order valence-electron chi connectivity index (χ2n) is 4.75. The van der Waals surface area contributed by atoms with Crippen LogP contribution < -0.4 is 0 Å². The van der Waals surface area contributed by atoms with E-state index in [0.717, 1.165) is 5.52 Å². The van der Waals surface area contributed by atoms with Crippen molar-refractivity contribution in [3.63, 3.8) is 0 Å². The van der Waals surface area contributed by atoms with Gasteiger partial charge in [0.1, 0.15) is 5.60 Å². The molecule has 2 rings (SSSR count). The van der Waals surface area contributed by atoms with E-state index < -0.39 is 11.6 Å². The summed E-state index contributed by atoms with van der Waals surface area (Å²) in [4.78, 5) is 20.2. The van der Waals surface area contributed by atoms with Crippen molar-refractivity contribution in [3.05, 3.63) is 36.2 Å². The monoisotopic (exact) mass is 230 g/mol. The van der Waals surface area contributed by atoms with Gasteiger partial charge in [0.15, 0.2) is 5.69 Å². The number of benzene rings is 1. The molecule has 4 nitrogen and oxygen atoms in total. The molecule has 0 N–H and O–H groups in total. The Labute approximate surface area is 99.7 Å². The fourth-order valence-corrected chi connectivity index (χ4v) is 1.39. The van der Waals surface area contributed by atoms with E-state index in [9.17, 15) is 4.79 Å². The molecule has 17 heavy (non-hydrogen) atoms. The number of ether oxygens (including phenoxy) is 1. The Morgan fingerprint density at radius 3 is 2.47 bits per heavy atom. The maximum Gasteiger partial charge on any atom is 0.359 e. The van der Waals surface area contributed by atoms with Crippen LogP contribution in [0.3, 0.4) is 0 Å². The molecular weight excluding hydrogens is 216 g/mol. The van der Waals surface area contributed by atoms with E-state index in [-0.39, 0.29) is 5.69 Å². The number of hydrogen-bond donors (Lipinski definition) is 0. The molecule has 0 bridgehead atoms. The minimum Gasteiger partial charge on any atom is -0.455 e. The van der Waals surface area contributed by atoms with Gasteiger partial charge in [0.2, 0.25) is 0 Å². The molecule has 2 aromatic rings. The molecule has 0 aliphatic carbocycles. The van der Waals surface area contributed by atoms with E-state index in [1.807, 2.05) is 45.0 Å². The molecular formula is C13H14N2O2. The number of para-hydroxylation sites is 2. The molecule has 4 heteroatoms. The lowest BCUT2D eigenvalue weighted by atomic mass is 10.2. The predicted molar refractivity (Wildman–Crippen MR) is 64.7 cm³/mol. The highest BCUT2D eigenvalue weighted by Crippen LogP contribution is 2.13. The van der Waals surface area contributed by atoms with Gasteiger partial charge in [-0.25, -0.2) is 9.78 Å². The number of aromatic nitrogens is 2. The summed E-state index contributed by atoms with van der Waals surface area (Å²) >= 11 is 0. The SMILES string of the molecule is CC(C)(C)OC(=O)c1cnc2ccccc2n1. The van der Waals surface area contributed by atoms with Gasteiger partial charge in [-0.1, -0.05) is 12.1 Å². The minimum atomic E-state index is -0.523. The van der Waals surface area contributed by atoms with Crippen molar-refractivity contribution in [1.82, 2.24) is 9.97 Å². The average molecular weight is 230 g/mol. The summed E-state index contributed by atoms with van der Waals surface area (Å²) in [6, 6.07) is 7.40. The predicted octanol–water partition coefficient (Wildman–Crippen LogP) is 2.59. The Hall–Kier alpha value is -1.97. The summed E-state index contributed by atoms with van der Waals surface area (Å²) in [5.74, 6) is -0.448. The third kappa shape index (κ3) is 2.78.